The Morgan fingerprint density at radius 2 is 1.88 bits per heavy atom. The number of hydrogen-bond acceptors (Lipinski definition) is 5. The normalized spacial score (nSPS) is 11.1. The molecule has 25 heavy (non-hydrogen) atoms. The number of pyridine rings is 1. The zero-order valence-electron chi connectivity index (χ0n) is 13.3. The molecular formula is C18H14N4O2S. The van der Waals surface area contributed by atoms with Crippen LogP contribution in [0.5, 0.6) is 11.5 Å². The molecule has 124 valence electrons. The summed E-state index contributed by atoms with van der Waals surface area (Å²) in [6, 6.07) is 14.1. The number of fused-ring (bicyclic) bond motifs is 1. The first-order valence-corrected chi connectivity index (χ1v) is 8.02. The average molecular weight is 350 g/mol. The van der Waals surface area contributed by atoms with Crippen molar-refractivity contribution in [3.05, 3.63) is 59.0 Å². The summed E-state index contributed by atoms with van der Waals surface area (Å²) in [4.78, 5) is 4.55. The van der Waals surface area contributed by atoms with E-state index in [9.17, 15) is 10.2 Å². The van der Waals surface area contributed by atoms with Gasteiger partial charge in [0.05, 0.1) is 16.8 Å². The van der Waals surface area contributed by atoms with Gasteiger partial charge in [-0.25, -0.2) is 0 Å². The third kappa shape index (κ3) is 2.54. The lowest BCUT2D eigenvalue weighted by molar-refractivity contribution is 0.451. The van der Waals surface area contributed by atoms with E-state index >= 15 is 0 Å². The molecular weight excluding hydrogens is 336 g/mol. The predicted octanol–water partition coefficient (Wildman–Crippen LogP) is 3.86. The lowest BCUT2D eigenvalue weighted by atomic mass is 10.1. The van der Waals surface area contributed by atoms with Gasteiger partial charge in [0.25, 0.3) is 0 Å². The Kier molecular flexibility index (Phi) is 3.51. The van der Waals surface area contributed by atoms with Crippen LogP contribution in [0.4, 0.5) is 0 Å². The van der Waals surface area contributed by atoms with Gasteiger partial charge >= 0.3 is 0 Å². The minimum absolute atomic E-state index is 0.0212. The Balaban J connectivity index is 2.06. The number of phenols is 2. The molecule has 7 heteroatoms. The van der Waals surface area contributed by atoms with Crippen molar-refractivity contribution in [2.24, 2.45) is 0 Å². The molecule has 0 fully saturated rings. The molecule has 0 saturated carbocycles. The summed E-state index contributed by atoms with van der Waals surface area (Å²) in [6.07, 6.45) is 0. The van der Waals surface area contributed by atoms with Crippen LogP contribution in [-0.4, -0.2) is 30.0 Å². The van der Waals surface area contributed by atoms with Gasteiger partial charge in [-0.1, -0.05) is 18.2 Å². The number of aryl methyl sites for hydroxylation is 1. The van der Waals surface area contributed by atoms with Crippen molar-refractivity contribution in [1.82, 2.24) is 19.7 Å². The van der Waals surface area contributed by atoms with E-state index in [2.05, 4.69) is 15.2 Å². The maximum Gasteiger partial charge on any atom is 0.200 e. The van der Waals surface area contributed by atoms with Crippen molar-refractivity contribution in [2.75, 3.05) is 0 Å². The van der Waals surface area contributed by atoms with Gasteiger partial charge in [-0.05, 0) is 43.4 Å². The SMILES string of the molecule is Cc1cc(-n2c(-c3ccc(O)cc3O)n[nH]c2=S)c2ccccc2n1. The number of H-pyrrole nitrogens is 1. The van der Waals surface area contributed by atoms with Crippen LogP contribution in [0.3, 0.4) is 0 Å². The second kappa shape index (κ2) is 5.71. The Hall–Kier alpha value is -3.19. The molecule has 2 aromatic heterocycles. The zero-order valence-corrected chi connectivity index (χ0v) is 14.1. The fourth-order valence-corrected chi connectivity index (χ4v) is 3.11. The first-order chi connectivity index (χ1) is 12.0. The minimum Gasteiger partial charge on any atom is -0.508 e. The molecule has 6 nitrogen and oxygen atoms in total. The number of nitrogens with zero attached hydrogens (tertiary/aromatic N) is 3. The van der Waals surface area contributed by atoms with E-state index in [-0.39, 0.29) is 11.5 Å². The van der Waals surface area contributed by atoms with Gasteiger partial charge in [0.1, 0.15) is 11.5 Å². The highest BCUT2D eigenvalue weighted by molar-refractivity contribution is 7.71. The lowest BCUT2D eigenvalue weighted by Crippen LogP contribution is -2.01. The van der Waals surface area contributed by atoms with E-state index in [1.54, 1.807) is 10.6 Å². The molecule has 0 amide bonds. The predicted molar refractivity (Wildman–Crippen MR) is 97.6 cm³/mol. The van der Waals surface area contributed by atoms with Gasteiger partial charge in [0, 0.05) is 17.1 Å². The summed E-state index contributed by atoms with van der Waals surface area (Å²) < 4.78 is 2.16. The highest BCUT2D eigenvalue weighted by atomic mass is 32.1. The van der Waals surface area contributed by atoms with Crippen LogP contribution < -0.4 is 0 Å². The molecule has 3 N–H and O–H groups in total. The summed E-state index contributed by atoms with van der Waals surface area (Å²) in [6.45, 7) is 1.91. The van der Waals surface area contributed by atoms with Crippen molar-refractivity contribution >= 4 is 23.1 Å². The summed E-state index contributed by atoms with van der Waals surface area (Å²) >= 11 is 5.42. The second-order valence-corrected chi connectivity index (χ2v) is 6.08. The fraction of sp³-hybridized carbons (Fsp3) is 0.0556. The highest BCUT2D eigenvalue weighted by Gasteiger charge is 2.17. The number of aromatic amines is 1. The molecule has 4 aromatic rings. The number of benzene rings is 2. The van der Waals surface area contributed by atoms with Crippen LogP contribution in [0.1, 0.15) is 5.69 Å². The largest absolute Gasteiger partial charge is 0.508 e. The van der Waals surface area contributed by atoms with Crippen molar-refractivity contribution in [2.45, 2.75) is 6.92 Å². The molecule has 0 bridgehead atoms. The molecule has 2 heterocycles. The van der Waals surface area contributed by atoms with E-state index in [0.717, 1.165) is 22.3 Å². The van der Waals surface area contributed by atoms with Crippen LogP contribution in [0.2, 0.25) is 0 Å². The molecule has 0 saturated heterocycles. The topological polar surface area (TPSA) is 87.0 Å². The van der Waals surface area contributed by atoms with Crippen molar-refractivity contribution in [1.29, 1.82) is 0 Å². The van der Waals surface area contributed by atoms with Crippen LogP contribution in [0.15, 0.2) is 48.5 Å². The van der Waals surface area contributed by atoms with Crippen molar-refractivity contribution in [3.8, 4) is 28.6 Å². The van der Waals surface area contributed by atoms with E-state index in [1.807, 2.05) is 37.3 Å². The number of hydrogen-bond donors (Lipinski definition) is 3. The fourth-order valence-electron chi connectivity index (χ4n) is 2.88. The van der Waals surface area contributed by atoms with E-state index in [0.29, 0.717) is 16.2 Å². The quantitative estimate of drug-likeness (QED) is 0.478. The van der Waals surface area contributed by atoms with Gasteiger partial charge < -0.3 is 10.2 Å². The van der Waals surface area contributed by atoms with E-state index in [1.165, 1.54) is 12.1 Å². The van der Waals surface area contributed by atoms with Crippen molar-refractivity contribution < 1.29 is 10.2 Å². The van der Waals surface area contributed by atoms with Gasteiger partial charge in [-0.3, -0.25) is 14.6 Å². The van der Waals surface area contributed by atoms with Gasteiger partial charge in [-0.2, -0.15) is 5.10 Å². The van der Waals surface area contributed by atoms with Crippen LogP contribution >= 0.6 is 12.2 Å². The number of rotatable bonds is 2. The highest BCUT2D eigenvalue weighted by Crippen LogP contribution is 2.33. The molecule has 4 rings (SSSR count). The number of nitrogens with one attached hydrogen (secondary N) is 1. The third-order valence-corrected chi connectivity index (χ3v) is 4.23. The summed E-state index contributed by atoms with van der Waals surface area (Å²) in [5, 5.41) is 27.7. The Morgan fingerprint density at radius 1 is 1.08 bits per heavy atom. The molecule has 0 radical (unpaired) electrons. The van der Waals surface area contributed by atoms with E-state index < -0.39 is 0 Å². The monoisotopic (exact) mass is 350 g/mol. The molecule has 0 spiro atoms. The maximum absolute atomic E-state index is 10.2. The van der Waals surface area contributed by atoms with Gasteiger partial charge in [0.15, 0.2) is 10.6 Å². The second-order valence-electron chi connectivity index (χ2n) is 5.69. The molecule has 0 aliphatic carbocycles. The first kappa shape index (κ1) is 15.3. The summed E-state index contributed by atoms with van der Waals surface area (Å²) in [7, 11) is 0. The molecule has 0 atom stereocenters. The minimum atomic E-state index is -0.0784. The van der Waals surface area contributed by atoms with Crippen molar-refractivity contribution in [3.63, 3.8) is 0 Å². The number of phenolic OH excluding ortho intramolecular Hbond substituents is 2. The number of para-hydroxylation sites is 1. The van der Waals surface area contributed by atoms with Crippen LogP contribution in [0.25, 0.3) is 28.0 Å². The molecule has 0 aliphatic rings. The standard InChI is InChI=1S/C18H14N4O2S/c1-10-8-15(12-4-2-3-5-14(12)19-10)22-17(20-21-18(22)25)13-7-6-11(23)9-16(13)24/h2-9,23-24H,1H3,(H,21,25). The number of aromatic hydroxyl groups is 2. The smallest absolute Gasteiger partial charge is 0.200 e. The van der Waals surface area contributed by atoms with Gasteiger partial charge in [-0.15, -0.1) is 0 Å². The lowest BCUT2D eigenvalue weighted by Gasteiger charge is -2.12. The zero-order chi connectivity index (χ0) is 17.6. The van der Waals surface area contributed by atoms with E-state index in [4.69, 9.17) is 12.2 Å². The molecule has 0 aliphatic heterocycles. The Bertz CT molecular complexity index is 1160. The number of aromatic nitrogens is 4. The van der Waals surface area contributed by atoms with Crippen LogP contribution in [-0.2, 0) is 0 Å². The Morgan fingerprint density at radius 3 is 2.68 bits per heavy atom. The summed E-state index contributed by atoms with van der Waals surface area (Å²) in [5.41, 5.74) is 2.98. The third-order valence-electron chi connectivity index (χ3n) is 3.96. The van der Waals surface area contributed by atoms with Gasteiger partial charge in [0.2, 0.25) is 0 Å². The first-order valence-electron chi connectivity index (χ1n) is 7.61. The Labute approximate surface area is 148 Å². The summed E-state index contributed by atoms with van der Waals surface area (Å²) in [5.74, 6) is 0.357. The average Bonchev–Trinajstić information content (AvgIpc) is 2.95. The van der Waals surface area contributed by atoms with Crippen LogP contribution in [0, 0.1) is 11.7 Å². The molecule has 0 unspecified atom stereocenters. The molecule has 2 aromatic carbocycles. The maximum atomic E-state index is 10.2.